The van der Waals surface area contributed by atoms with E-state index in [9.17, 15) is 4.79 Å². The SMILES string of the molecule is Cc1cc(-c2cccs2)c(-c2cccs2)oc1=O. The minimum atomic E-state index is -0.265. The smallest absolute Gasteiger partial charge is 0.339 e. The standard InChI is InChI=1S/C14H10O2S2/c1-9-8-10(11-4-2-6-17-11)13(16-14(9)15)12-5-3-7-18-12/h2-8H,1H3. The fraction of sp³-hybridized carbons (Fsp3) is 0.0714. The molecule has 0 aliphatic carbocycles. The van der Waals surface area contributed by atoms with Crippen molar-refractivity contribution < 1.29 is 4.42 Å². The van der Waals surface area contributed by atoms with Gasteiger partial charge < -0.3 is 4.42 Å². The first-order chi connectivity index (χ1) is 8.75. The second-order valence-electron chi connectivity index (χ2n) is 3.91. The third-order valence-corrected chi connectivity index (χ3v) is 4.43. The van der Waals surface area contributed by atoms with Gasteiger partial charge in [0.1, 0.15) is 0 Å². The van der Waals surface area contributed by atoms with Crippen molar-refractivity contribution >= 4 is 22.7 Å². The van der Waals surface area contributed by atoms with Crippen molar-refractivity contribution in [2.45, 2.75) is 6.92 Å². The van der Waals surface area contributed by atoms with Crippen LogP contribution in [-0.4, -0.2) is 0 Å². The first-order valence-corrected chi connectivity index (χ1v) is 7.24. The van der Waals surface area contributed by atoms with Crippen LogP contribution in [0.4, 0.5) is 0 Å². The Bertz CT molecular complexity index is 707. The molecule has 0 saturated heterocycles. The summed E-state index contributed by atoms with van der Waals surface area (Å²) in [6, 6.07) is 9.87. The van der Waals surface area contributed by atoms with Gasteiger partial charge in [-0.05, 0) is 35.9 Å². The Labute approximate surface area is 112 Å². The number of aryl methyl sites for hydroxylation is 1. The van der Waals surface area contributed by atoms with E-state index in [0.29, 0.717) is 11.3 Å². The van der Waals surface area contributed by atoms with Crippen LogP contribution in [0, 0.1) is 6.92 Å². The van der Waals surface area contributed by atoms with Crippen molar-refractivity contribution in [1.82, 2.24) is 0 Å². The largest absolute Gasteiger partial charge is 0.421 e. The first kappa shape index (κ1) is 11.4. The van der Waals surface area contributed by atoms with Gasteiger partial charge in [-0.3, -0.25) is 0 Å². The fourth-order valence-electron chi connectivity index (χ4n) is 1.77. The van der Waals surface area contributed by atoms with Gasteiger partial charge in [-0.1, -0.05) is 12.1 Å². The fourth-order valence-corrected chi connectivity index (χ4v) is 3.23. The molecule has 0 bridgehead atoms. The Hall–Kier alpha value is -1.65. The van der Waals surface area contributed by atoms with E-state index >= 15 is 0 Å². The molecule has 0 radical (unpaired) electrons. The minimum absolute atomic E-state index is 0.265. The van der Waals surface area contributed by atoms with E-state index in [1.165, 1.54) is 0 Å². The quantitative estimate of drug-likeness (QED) is 0.693. The topological polar surface area (TPSA) is 30.2 Å². The summed E-state index contributed by atoms with van der Waals surface area (Å²) in [6.45, 7) is 1.78. The molecule has 0 atom stereocenters. The molecule has 3 heterocycles. The summed E-state index contributed by atoms with van der Waals surface area (Å²) in [5.74, 6) is 0.669. The summed E-state index contributed by atoms with van der Waals surface area (Å²) in [6.07, 6.45) is 0. The van der Waals surface area contributed by atoms with Crippen molar-refractivity contribution in [3.05, 3.63) is 57.1 Å². The summed E-state index contributed by atoms with van der Waals surface area (Å²) >= 11 is 3.22. The Balaban J connectivity index is 2.30. The Morgan fingerprint density at radius 3 is 2.33 bits per heavy atom. The van der Waals surface area contributed by atoms with E-state index in [2.05, 4.69) is 0 Å². The molecule has 3 rings (SSSR count). The molecule has 0 unspecified atom stereocenters. The molecule has 90 valence electrons. The van der Waals surface area contributed by atoms with Crippen LogP contribution < -0.4 is 5.63 Å². The molecule has 2 nitrogen and oxygen atoms in total. The summed E-state index contributed by atoms with van der Waals surface area (Å²) in [5, 5.41) is 4.00. The van der Waals surface area contributed by atoms with Crippen molar-refractivity contribution in [1.29, 1.82) is 0 Å². The maximum atomic E-state index is 11.7. The number of thiophene rings is 2. The predicted molar refractivity (Wildman–Crippen MR) is 76.3 cm³/mol. The molecule has 0 N–H and O–H groups in total. The minimum Gasteiger partial charge on any atom is -0.421 e. The normalized spacial score (nSPS) is 10.7. The summed E-state index contributed by atoms with van der Waals surface area (Å²) in [4.78, 5) is 13.8. The first-order valence-electron chi connectivity index (χ1n) is 5.48. The molecule has 0 amide bonds. The second-order valence-corrected chi connectivity index (χ2v) is 5.81. The Morgan fingerprint density at radius 2 is 1.72 bits per heavy atom. The van der Waals surface area contributed by atoms with Crippen LogP contribution in [0.15, 0.2) is 50.3 Å². The van der Waals surface area contributed by atoms with Crippen molar-refractivity contribution in [3.8, 4) is 21.1 Å². The van der Waals surface area contributed by atoms with E-state index in [1.54, 1.807) is 29.6 Å². The average molecular weight is 274 g/mol. The lowest BCUT2D eigenvalue weighted by Crippen LogP contribution is -2.03. The van der Waals surface area contributed by atoms with Gasteiger partial charge >= 0.3 is 5.63 Å². The van der Waals surface area contributed by atoms with E-state index in [-0.39, 0.29) is 5.63 Å². The molecule has 0 saturated carbocycles. The van der Waals surface area contributed by atoms with Gasteiger partial charge in [0, 0.05) is 16.0 Å². The molecular weight excluding hydrogens is 264 g/mol. The zero-order valence-electron chi connectivity index (χ0n) is 9.67. The third-order valence-electron chi connectivity index (χ3n) is 2.65. The number of hydrogen-bond donors (Lipinski definition) is 0. The van der Waals surface area contributed by atoms with Crippen LogP contribution in [0.25, 0.3) is 21.1 Å². The highest BCUT2D eigenvalue weighted by Gasteiger charge is 2.14. The van der Waals surface area contributed by atoms with E-state index < -0.39 is 0 Å². The van der Waals surface area contributed by atoms with Gasteiger partial charge in [-0.15, -0.1) is 22.7 Å². The maximum Gasteiger partial charge on any atom is 0.339 e. The number of hydrogen-bond acceptors (Lipinski definition) is 4. The Morgan fingerprint density at radius 1 is 1.06 bits per heavy atom. The summed E-state index contributed by atoms with van der Waals surface area (Å²) < 4.78 is 5.47. The molecule has 0 aliphatic heterocycles. The molecule has 3 aromatic rings. The number of rotatable bonds is 2. The molecular formula is C14H10O2S2. The molecule has 0 spiro atoms. The van der Waals surface area contributed by atoms with Crippen molar-refractivity contribution in [3.63, 3.8) is 0 Å². The average Bonchev–Trinajstić information content (AvgIpc) is 3.02. The summed E-state index contributed by atoms with van der Waals surface area (Å²) in [7, 11) is 0. The highest BCUT2D eigenvalue weighted by molar-refractivity contribution is 7.14. The van der Waals surface area contributed by atoms with Crippen LogP contribution in [0.1, 0.15) is 5.56 Å². The zero-order chi connectivity index (χ0) is 12.5. The third kappa shape index (κ3) is 1.94. The zero-order valence-corrected chi connectivity index (χ0v) is 11.3. The molecule has 0 fully saturated rings. The van der Waals surface area contributed by atoms with Crippen LogP contribution in [0.3, 0.4) is 0 Å². The summed E-state index contributed by atoms with van der Waals surface area (Å²) in [5.41, 5.74) is 1.36. The predicted octanol–water partition coefficient (Wildman–Crippen LogP) is 4.41. The second kappa shape index (κ2) is 4.55. The molecule has 3 aromatic heterocycles. The monoisotopic (exact) mass is 274 g/mol. The van der Waals surface area contributed by atoms with Crippen LogP contribution in [-0.2, 0) is 0 Å². The Kier molecular flexibility index (Phi) is 2.89. The van der Waals surface area contributed by atoms with Crippen molar-refractivity contribution in [2.24, 2.45) is 0 Å². The van der Waals surface area contributed by atoms with Gasteiger partial charge in [0.2, 0.25) is 0 Å². The lowest BCUT2D eigenvalue weighted by Gasteiger charge is -2.05. The van der Waals surface area contributed by atoms with Gasteiger partial charge in [0.25, 0.3) is 0 Å². The van der Waals surface area contributed by atoms with Gasteiger partial charge in [-0.2, -0.15) is 0 Å². The molecule has 18 heavy (non-hydrogen) atoms. The van der Waals surface area contributed by atoms with Crippen molar-refractivity contribution in [2.75, 3.05) is 0 Å². The lowest BCUT2D eigenvalue weighted by molar-refractivity contribution is 0.523. The highest BCUT2D eigenvalue weighted by Crippen LogP contribution is 2.36. The molecule has 0 aromatic carbocycles. The highest BCUT2D eigenvalue weighted by atomic mass is 32.1. The lowest BCUT2D eigenvalue weighted by atomic mass is 10.1. The van der Waals surface area contributed by atoms with Gasteiger partial charge in [0.15, 0.2) is 5.76 Å². The molecule has 0 aliphatic rings. The van der Waals surface area contributed by atoms with Crippen LogP contribution >= 0.6 is 22.7 Å². The van der Waals surface area contributed by atoms with E-state index in [4.69, 9.17) is 4.42 Å². The molecule has 4 heteroatoms. The van der Waals surface area contributed by atoms with Crippen LogP contribution in [0.2, 0.25) is 0 Å². The maximum absolute atomic E-state index is 11.7. The van der Waals surface area contributed by atoms with E-state index in [1.807, 2.05) is 41.1 Å². The van der Waals surface area contributed by atoms with Gasteiger partial charge in [0.05, 0.1) is 4.88 Å². The van der Waals surface area contributed by atoms with E-state index in [0.717, 1.165) is 15.3 Å². The van der Waals surface area contributed by atoms with Crippen LogP contribution in [0.5, 0.6) is 0 Å². The van der Waals surface area contributed by atoms with Gasteiger partial charge in [-0.25, -0.2) is 4.79 Å².